The maximum atomic E-state index is 13.1. The van der Waals surface area contributed by atoms with E-state index in [1.807, 2.05) is 11.8 Å². The third kappa shape index (κ3) is 3.02. The summed E-state index contributed by atoms with van der Waals surface area (Å²) in [6.07, 6.45) is 3.19. The van der Waals surface area contributed by atoms with Crippen molar-refractivity contribution >= 4 is 5.91 Å². The average Bonchev–Trinajstić information content (AvgIpc) is 3.16. The maximum absolute atomic E-state index is 13.1. The van der Waals surface area contributed by atoms with Crippen LogP contribution in [0.15, 0.2) is 24.3 Å². The molecule has 1 saturated heterocycles. The van der Waals surface area contributed by atoms with Crippen molar-refractivity contribution < 1.29 is 9.18 Å². The van der Waals surface area contributed by atoms with Gasteiger partial charge in [-0.1, -0.05) is 25.5 Å². The Kier molecular flexibility index (Phi) is 4.59. The summed E-state index contributed by atoms with van der Waals surface area (Å²) in [5.74, 6) is 0.522. The molecule has 1 aliphatic heterocycles. The molecule has 1 aliphatic rings. The Balaban J connectivity index is 1.88. The molecule has 1 aromatic heterocycles. The molecule has 6 nitrogen and oxygen atoms in total. The topological polar surface area (TPSA) is 63.9 Å². The van der Waals surface area contributed by atoms with Crippen LogP contribution in [0, 0.1) is 5.82 Å². The molecule has 24 heavy (non-hydrogen) atoms. The van der Waals surface area contributed by atoms with Crippen molar-refractivity contribution in [3.05, 3.63) is 41.5 Å². The number of tetrazole rings is 1. The predicted octanol–water partition coefficient (Wildman–Crippen LogP) is 2.65. The first-order valence-corrected chi connectivity index (χ1v) is 8.36. The van der Waals surface area contributed by atoms with Crippen molar-refractivity contribution in [1.29, 1.82) is 0 Å². The van der Waals surface area contributed by atoms with Gasteiger partial charge in [-0.05, 0) is 47.9 Å². The molecule has 0 radical (unpaired) electrons. The summed E-state index contributed by atoms with van der Waals surface area (Å²) in [4.78, 5) is 14.3. The van der Waals surface area contributed by atoms with Crippen LogP contribution in [-0.4, -0.2) is 31.0 Å². The van der Waals surface area contributed by atoms with Gasteiger partial charge in [0, 0.05) is 19.5 Å². The molecule has 0 aliphatic carbocycles. The van der Waals surface area contributed by atoms with Gasteiger partial charge in [0.05, 0.1) is 0 Å². The number of aryl methyl sites for hydroxylation is 1. The summed E-state index contributed by atoms with van der Waals surface area (Å²) in [6, 6.07) is 6.25. The fourth-order valence-corrected chi connectivity index (χ4v) is 3.21. The van der Waals surface area contributed by atoms with E-state index in [0.29, 0.717) is 19.4 Å². The Morgan fingerprint density at radius 2 is 2.04 bits per heavy atom. The normalized spacial score (nSPS) is 20.8. The van der Waals surface area contributed by atoms with E-state index >= 15 is 0 Å². The third-order valence-corrected chi connectivity index (χ3v) is 4.71. The fourth-order valence-electron chi connectivity index (χ4n) is 3.21. The largest absolute Gasteiger partial charge is 0.326 e. The third-order valence-electron chi connectivity index (χ3n) is 4.71. The van der Waals surface area contributed by atoms with Crippen LogP contribution >= 0.6 is 0 Å². The first kappa shape index (κ1) is 16.5. The van der Waals surface area contributed by atoms with E-state index in [-0.39, 0.29) is 11.7 Å². The van der Waals surface area contributed by atoms with Crippen molar-refractivity contribution in [3.63, 3.8) is 0 Å². The molecule has 1 unspecified atom stereocenters. The molecular formula is C17H22FN5O. The van der Waals surface area contributed by atoms with Gasteiger partial charge < -0.3 is 4.90 Å². The molecule has 0 saturated carbocycles. The fraction of sp³-hybridized carbons (Fsp3) is 0.529. The quantitative estimate of drug-likeness (QED) is 0.816. The van der Waals surface area contributed by atoms with Gasteiger partial charge in [-0.15, -0.1) is 5.10 Å². The molecule has 3 rings (SSSR count). The predicted molar refractivity (Wildman–Crippen MR) is 86.3 cm³/mol. The highest BCUT2D eigenvalue weighted by atomic mass is 19.1. The number of amides is 1. The van der Waals surface area contributed by atoms with Gasteiger partial charge in [0.2, 0.25) is 5.91 Å². The van der Waals surface area contributed by atoms with E-state index in [2.05, 4.69) is 22.4 Å². The number of hydrogen-bond donors (Lipinski definition) is 0. The van der Waals surface area contributed by atoms with Gasteiger partial charge in [-0.3, -0.25) is 4.79 Å². The highest BCUT2D eigenvalue weighted by Gasteiger charge is 2.46. The molecule has 128 valence electrons. The molecule has 7 heteroatoms. The van der Waals surface area contributed by atoms with Crippen molar-refractivity contribution in [2.45, 2.75) is 58.2 Å². The second-order valence-electron chi connectivity index (χ2n) is 6.46. The number of nitrogens with zero attached hydrogens (tertiary/aromatic N) is 5. The smallest absolute Gasteiger partial charge is 0.223 e. The summed E-state index contributed by atoms with van der Waals surface area (Å²) < 4.78 is 14.9. The number of likely N-dealkylation sites (tertiary alicyclic amines) is 1. The molecule has 2 aromatic rings. The zero-order valence-corrected chi connectivity index (χ0v) is 14.1. The number of halogens is 1. The Morgan fingerprint density at radius 1 is 1.29 bits per heavy atom. The lowest BCUT2D eigenvalue weighted by atomic mass is 9.97. The molecule has 0 bridgehead atoms. The monoisotopic (exact) mass is 331 g/mol. The Morgan fingerprint density at radius 3 is 2.75 bits per heavy atom. The molecular weight excluding hydrogens is 309 g/mol. The molecule has 1 aromatic carbocycles. The summed E-state index contributed by atoms with van der Waals surface area (Å²) in [7, 11) is 0. The lowest BCUT2D eigenvalue weighted by Crippen LogP contribution is -2.42. The van der Waals surface area contributed by atoms with Crippen LogP contribution in [-0.2, 0) is 23.4 Å². The van der Waals surface area contributed by atoms with Gasteiger partial charge in [0.1, 0.15) is 11.4 Å². The number of benzene rings is 1. The highest BCUT2D eigenvalue weighted by Crippen LogP contribution is 2.39. The molecule has 1 amide bonds. The van der Waals surface area contributed by atoms with Crippen molar-refractivity contribution in [2.75, 3.05) is 0 Å². The maximum Gasteiger partial charge on any atom is 0.223 e. The van der Waals surface area contributed by atoms with Crippen LogP contribution in [0.2, 0.25) is 0 Å². The summed E-state index contributed by atoms with van der Waals surface area (Å²) in [5, 5.41) is 12.1. The Hall–Kier alpha value is -2.31. The van der Waals surface area contributed by atoms with Crippen LogP contribution < -0.4 is 0 Å². The van der Waals surface area contributed by atoms with Gasteiger partial charge in [-0.25, -0.2) is 9.07 Å². The first-order valence-electron chi connectivity index (χ1n) is 8.36. The molecule has 2 heterocycles. The summed E-state index contributed by atoms with van der Waals surface area (Å²) in [5.41, 5.74) is 0.355. The summed E-state index contributed by atoms with van der Waals surface area (Å²) >= 11 is 0. The number of aromatic nitrogens is 4. The standard InChI is InChI=1S/C17H22FN5O/c1-3-4-11-23-16(19-20-21-23)17(2)10-9-15(24)22(17)12-13-5-7-14(18)8-6-13/h5-8H,3-4,9-12H2,1-2H3. The van der Waals surface area contributed by atoms with Gasteiger partial charge in [0.15, 0.2) is 5.82 Å². The van der Waals surface area contributed by atoms with E-state index in [1.54, 1.807) is 16.8 Å². The zero-order chi connectivity index (χ0) is 17.2. The Bertz CT molecular complexity index is 714. The van der Waals surface area contributed by atoms with Crippen LogP contribution in [0.1, 0.15) is 50.9 Å². The van der Waals surface area contributed by atoms with Gasteiger partial charge in [-0.2, -0.15) is 0 Å². The van der Waals surface area contributed by atoms with E-state index in [4.69, 9.17) is 0 Å². The van der Waals surface area contributed by atoms with E-state index < -0.39 is 5.54 Å². The van der Waals surface area contributed by atoms with Gasteiger partial charge >= 0.3 is 0 Å². The van der Waals surface area contributed by atoms with Crippen LogP contribution in [0.3, 0.4) is 0 Å². The average molecular weight is 331 g/mol. The number of rotatable bonds is 6. The SMILES string of the molecule is CCCCn1nnnc1C1(C)CCC(=O)N1Cc1ccc(F)cc1. The molecule has 0 N–H and O–H groups in total. The first-order chi connectivity index (χ1) is 11.5. The van der Waals surface area contributed by atoms with E-state index in [0.717, 1.165) is 30.8 Å². The minimum Gasteiger partial charge on any atom is -0.326 e. The number of carbonyl (C=O) groups is 1. The molecule has 0 spiro atoms. The zero-order valence-electron chi connectivity index (χ0n) is 14.1. The van der Waals surface area contributed by atoms with Crippen molar-refractivity contribution in [2.24, 2.45) is 0 Å². The Labute approximate surface area is 140 Å². The van der Waals surface area contributed by atoms with Crippen LogP contribution in [0.25, 0.3) is 0 Å². The number of unbranched alkanes of at least 4 members (excludes halogenated alkanes) is 1. The minimum absolute atomic E-state index is 0.0758. The number of carbonyl (C=O) groups excluding carboxylic acids is 1. The second kappa shape index (κ2) is 6.67. The molecule has 1 atom stereocenters. The van der Waals surface area contributed by atoms with Crippen molar-refractivity contribution in [3.8, 4) is 0 Å². The van der Waals surface area contributed by atoms with Gasteiger partial charge in [0.25, 0.3) is 0 Å². The van der Waals surface area contributed by atoms with E-state index in [9.17, 15) is 9.18 Å². The van der Waals surface area contributed by atoms with E-state index in [1.165, 1.54) is 12.1 Å². The van der Waals surface area contributed by atoms with Crippen LogP contribution in [0.4, 0.5) is 4.39 Å². The number of hydrogen-bond acceptors (Lipinski definition) is 4. The lowest BCUT2D eigenvalue weighted by Gasteiger charge is -2.34. The lowest BCUT2D eigenvalue weighted by molar-refractivity contribution is -0.132. The summed E-state index contributed by atoms with van der Waals surface area (Å²) in [6.45, 7) is 5.30. The second-order valence-corrected chi connectivity index (χ2v) is 6.46. The van der Waals surface area contributed by atoms with Crippen LogP contribution in [0.5, 0.6) is 0 Å². The minimum atomic E-state index is -0.539. The highest BCUT2D eigenvalue weighted by molar-refractivity contribution is 5.79. The molecule has 1 fully saturated rings. The van der Waals surface area contributed by atoms with Crippen molar-refractivity contribution in [1.82, 2.24) is 25.1 Å².